The van der Waals surface area contributed by atoms with Gasteiger partial charge >= 0.3 is 12.3 Å². The fraction of sp³-hybridized carbons (Fsp3) is 0.611. The summed E-state index contributed by atoms with van der Waals surface area (Å²) in [7, 11) is 0. The van der Waals surface area contributed by atoms with Crippen LogP contribution >= 0.6 is 0 Å². The van der Waals surface area contributed by atoms with Crippen LogP contribution in [-0.4, -0.2) is 70.9 Å². The van der Waals surface area contributed by atoms with Gasteiger partial charge in [0.2, 0.25) is 6.10 Å². The first-order valence-electron chi connectivity index (χ1n) is 9.22. The Kier molecular flexibility index (Phi) is 6.94. The Labute approximate surface area is 169 Å². The Morgan fingerprint density at radius 3 is 2.62 bits per heavy atom. The number of aliphatic hydroxyl groups excluding tert-OH is 1. The predicted octanol–water partition coefficient (Wildman–Crippen LogP) is 1.98. The number of rotatable bonds is 5. The maximum absolute atomic E-state index is 12.7. The average Bonchev–Trinajstić information content (AvgIpc) is 3.08. The number of carbonyl (C=O) groups is 1. The zero-order valence-electron chi connectivity index (χ0n) is 15.6. The highest BCUT2D eigenvalue weighted by Gasteiger charge is 2.47. The van der Waals surface area contributed by atoms with E-state index in [1.165, 1.54) is 4.90 Å². The lowest BCUT2D eigenvalue weighted by Gasteiger charge is -2.38. The average molecular weight is 436 g/mol. The summed E-state index contributed by atoms with van der Waals surface area (Å²) in [4.78, 5) is 13.8. The van der Waals surface area contributed by atoms with Crippen LogP contribution in [0, 0.1) is 0 Å². The highest BCUT2D eigenvalue weighted by atomic mass is 32.2. The van der Waals surface area contributed by atoms with Crippen molar-refractivity contribution < 1.29 is 37.1 Å². The van der Waals surface area contributed by atoms with E-state index < -0.39 is 41.9 Å². The minimum absolute atomic E-state index is 0.126. The van der Waals surface area contributed by atoms with E-state index >= 15 is 0 Å². The van der Waals surface area contributed by atoms with Crippen molar-refractivity contribution in [2.45, 2.75) is 48.1 Å². The van der Waals surface area contributed by atoms with Crippen LogP contribution in [0.2, 0.25) is 0 Å². The molecule has 2 N–H and O–H groups in total. The van der Waals surface area contributed by atoms with Gasteiger partial charge in [-0.25, -0.2) is 4.79 Å². The molecule has 2 saturated heterocycles. The second-order valence-electron chi connectivity index (χ2n) is 7.18. The minimum atomic E-state index is -4.82. The zero-order valence-corrected chi connectivity index (χ0v) is 16.4. The second kappa shape index (κ2) is 9.09. The molecule has 7 nitrogen and oxygen atoms in total. The van der Waals surface area contributed by atoms with Crippen molar-refractivity contribution in [3.8, 4) is 0 Å². The van der Waals surface area contributed by atoms with Crippen molar-refractivity contribution >= 4 is 17.5 Å². The zero-order chi connectivity index (χ0) is 21.1. The van der Waals surface area contributed by atoms with Crippen molar-refractivity contribution in [1.82, 2.24) is 9.62 Å². The van der Waals surface area contributed by atoms with Crippen LogP contribution in [0.25, 0.3) is 0 Å². The summed E-state index contributed by atoms with van der Waals surface area (Å²) >= 11 is -1.37. The summed E-state index contributed by atoms with van der Waals surface area (Å²) in [5, 5.41) is 8.79. The molecule has 0 saturated carbocycles. The maximum atomic E-state index is 12.7. The fourth-order valence-corrected chi connectivity index (χ4v) is 4.53. The highest BCUT2D eigenvalue weighted by molar-refractivity contribution is 7.89. The van der Waals surface area contributed by atoms with Crippen LogP contribution in [0.1, 0.15) is 19.3 Å². The Balaban J connectivity index is 1.48. The molecule has 29 heavy (non-hydrogen) atoms. The molecule has 2 heterocycles. The standard InChI is InChI=1S/C18H23F3N2O5S/c19-18(20,21)15(11-24)28-16(25)23-8-6-17(7-9-23)10-13(12-27-17)22-29(26)14-4-2-1-3-5-14/h1-5,13,15,22,24H,6-12H2/t13-,15-,29?/m1/s1. The van der Waals surface area contributed by atoms with E-state index in [-0.39, 0.29) is 19.1 Å². The number of hydrogen-bond acceptors (Lipinski definition) is 6. The summed E-state index contributed by atoms with van der Waals surface area (Å²) in [6.07, 6.45) is -6.98. The van der Waals surface area contributed by atoms with Gasteiger partial charge < -0.3 is 24.0 Å². The fourth-order valence-electron chi connectivity index (χ4n) is 3.53. The third-order valence-corrected chi connectivity index (χ3v) is 6.39. The number of likely N-dealkylation sites (tertiary alicyclic amines) is 1. The normalized spacial score (nSPS) is 23.8. The molecule has 1 unspecified atom stereocenters. The molecule has 1 spiro atoms. The summed E-state index contributed by atoms with van der Waals surface area (Å²) in [5.74, 6) is 0. The van der Waals surface area contributed by atoms with Gasteiger partial charge in [0.1, 0.15) is 0 Å². The number of halogens is 3. The molecule has 1 amide bonds. The van der Waals surface area contributed by atoms with Gasteiger partial charge in [-0.2, -0.15) is 13.2 Å². The van der Waals surface area contributed by atoms with Crippen LogP contribution in [0.4, 0.5) is 18.0 Å². The lowest BCUT2D eigenvalue weighted by atomic mass is 9.88. The molecule has 0 aromatic heterocycles. The Morgan fingerprint density at radius 1 is 1.38 bits per heavy atom. The van der Waals surface area contributed by atoms with Gasteiger partial charge in [0.05, 0.1) is 36.2 Å². The van der Waals surface area contributed by atoms with E-state index in [2.05, 4.69) is 9.46 Å². The third-order valence-electron chi connectivity index (χ3n) is 5.15. The summed E-state index contributed by atoms with van der Waals surface area (Å²) in [5.41, 5.74) is -0.504. The number of piperidine rings is 1. The van der Waals surface area contributed by atoms with Crippen molar-refractivity contribution in [3.63, 3.8) is 0 Å². The number of ether oxygens (including phenoxy) is 2. The smallest absolute Gasteiger partial charge is 0.427 e. The molecule has 2 aliphatic heterocycles. The van der Waals surface area contributed by atoms with Crippen LogP contribution in [0.15, 0.2) is 35.2 Å². The first-order valence-corrected chi connectivity index (χ1v) is 10.4. The SMILES string of the molecule is O=C(O[C@H](CO)C(F)(F)F)N1CCC2(CC1)C[C@@H](N[S+]([O-])c1ccccc1)CO2. The lowest BCUT2D eigenvalue weighted by molar-refractivity contribution is -0.215. The molecule has 3 rings (SSSR count). The maximum Gasteiger partial charge on any atom is 0.427 e. The van der Waals surface area contributed by atoms with E-state index in [1.807, 2.05) is 6.07 Å². The Bertz CT molecular complexity index is 686. The van der Waals surface area contributed by atoms with Crippen molar-refractivity contribution in [1.29, 1.82) is 0 Å². The predicted molar refractivity (Wildman–Crippen MR) is 97.3 cm³/mol. The molecule has 2 fully saturated rings. The Hall–Kier alpha value is -1.53. The highest BCUT2D eigenvalue weighted by Crippen LogP contribution is 2.36. The summed E-state index contributed by atoms with van der Waals surface area (Å²) in [6.45, 7) is -0.585. The molecule has 11 heteroatoms. The quantitative estimate of drug-likeness (QED) is 0.686. The molecule has 1 aromatic rings. The Morgan fingerprint density at radius 2 is 2.03 bits per heavy atom. The van der Waals surface area contributed by atoms with E-state index in [1.54, 1.807) is 24.3 Å². The number of nitrogens with zero attached hydrogens (tertiary/aromatic N) is 1. The van der Waals surface area contributed by atoms with E-state index in [0.29, 0.717) is 30.8 Å². The molecule has 0 radical (unpaired) electrons. The van der Waals surface area contributed by atoms with Crippen molar-refractivity contribution in [3.05, 3.63) is 30.3 Å². The number of alkyl halides is 3. The number of hydrogen-bond donors (Lipinski definition) is 2. The molecule has 0 bridgehead atoms. The van der Waals surface area contributed by atoms with Crippen LogP contribution in [-0.2, 0) is 20.8 Å². The molecular formula is C18H23F3N2O5S. The van der Waals surface area contributed by atoms with E-state index in [9.17, 15) is 22.5 Å². The van der Waals surface area contributed by atoms with Gasteiger partial charge in [-0.15, -0.1) is 4.72 Å². The van der Waals surface area contributed by atoms with Gasteiger partial charge in [-0.1, -0.05) is 18.2 Å². The minimum Gasteiger partial charge on any atom is -0.593 e. The number of aliphatic hydroxyl groups is 1. The monoisotopic (exact) mass is 436 g/mol. The molecule has 162 valence electrons. The van der Waals surface area contributed by atoms with E-state index in [0.717, 1.165) is 0 Å². The van der Waals surface area contributed by atoms with Crippen LogP contribution < -0.4 is 4.72 Å². The van der Waals surface area contributed by atoms with Crippen molar-refractivity contribution in [2.75, 3.05) is 26.3 Å². The number of nitrogens with one attached hydrogen (secondary N) is 1. The lowest BCUT2D eigenvalue weighted by Crippen LogP contribution is -2.49. The first kappa shape index (κ1) is 22.2. The number of carbonyl (C=O) groups excluding carboxylic acids is 1. The van der Waals surface area contributed by atoms with Crippen LogP contribution in [0.5, 0.6) is 0 Å². The number of amides is 1. The molecule has 0 aliphatic carbocycles. The largest absolute Gasteiger partial charge is 0.593 e. The summed E-state index contributed by atoms with van der Waals surface area (Å²) < 4.78 is 63.7. The first-order chi connectivity index (χ1) is 13.7. The second-order valence-corrected chi connectivity index (χ2v) is 8.42. The van der Waals surface area contributed by atoms with Gasteiger partial charge in [-0.05, 0) is 31.4 Å². The van der Waals surface area contributed by atoms with Crippen molar-refractivity contribution in [2.24, 2.45) is 0 Å². The van der Waals surface area contributed by atoms with Gasteiger partial charge in [-0.3, -0.25) is 0 Å². The van der Waals surface area contributed by atoms with Gasteiger partial charge in [0, 0.05) is 13.1 Å². The van der Waals surface area contributed by atoms with Gasteiger partial charge in [0.15, 0.2) is 4.90 Å². The molecule has 2 aliphatic rings. The topological polar surface area (TPSA) is 94.1 Å². The summed E-state index contributed by atoms with van der Waals surface area (Å²) in [6, 6.07) is 8.84. The molecule has 1 aromatic carbocycles. The molecule has 3 atom stereocenters. The number of benzene rings is 1. The van der Waals surface area contributed by atoms with E-state index in [4.69, 9.17) is 9.84 Å². The molecular weight excluding hydrogens is 413 g/mol. The van der Waals surface area contributed by atoms with Gasteiger partial charge in [0.25, 0.3) is 0 Å². The third kappa shape index (κ3) is 5.54. The van der Waals surface area contributed by atoms with Crippen LogP contribution in [0.3, 0.4) is 0 Å².